The first-order valence-electron chi connectivity index (χ1n) is 13.0. The van der Waals surface area contributed by atoms with Crippen LogP contribution in [0, 0.1) is 0 Å². The maximum Gasteiger partial charge on any atom is 0.265 e. The number of piperidine rings is 1. The first-order chi connectivity index (χ1) is 18.0. The van der Waals surface area contributed by atoms with Crippen LogP contribution in [0.25, 0.3) is 10.9 Å². The van der Waals surface area contributed by atoms with Gasteiger partial charge in [-0.15, -0.1) is 0 Å². The summed E-state index contributed by atoms with van der Waals surface area (Å²) < 4.78 is 12.5. The average molecular weight is 523 g/mol. The van der Waals surface area contributed by atoms with Gasteiger partial charge in [0.25, 0.3) is 11.5 Å². The highest BCUT2D eigenvalue weighted by Gasteiger charge is 2.29. The molecule has 3 aromatic rings. The van der Waals surface area contributed by atoms with Gasteiger partial charge < -0.3 is 24.3 Å². The molecular formula is C28H31ClN4O4. The molecule has 3 aliphatic rings. The van der Waals surface area contributed by atoms with Gasteiger partial charge in [0.1, 0.15) is 5.56 Å². The van der Waals surface area contributed by atoms with Crippen LogP contribution in [0.5, 0.6) is 11.5 Å². The second kappa shape index (κ2) is 9.91. The second-order valence-corrected chi connectivity index (χ2v) is 10.6. The number of nitrogens with zero attached hydrogens (tertiary/aromatic N) is 3. The van der Waals surface area contributed by atoms with Gasteiger partial charge in [-0.3, -0.25) is 14.5 Å². The van der Waals surface area contributed by atoms with E-state index in [9.17, 15) is 9.59 Å². The van der Waals surface area contributed by atoms with Crippen molar-refractivity contribution in [2.45, 2.75) is 38.3 Å². The van der Waals surface area contributed by atoms with Crippen LogP contribution >= 0.6 is 11.6 Å². The monoisotopic (exact) mass is 522 g/mol. The summed E-state index contributed by atoms with van der Waals surface area (Å²) in [6.45, 7) is 4.31. The van der Waals surface area contributed by atoms with Crippen molar-refractivity contribution in [2.24, 2.45) is 7.05 Å². The Morgan fingerprint density at radius 1 is 1.03 bits per heavy atom. The van der Waals surface area contributed by atoms with E-state index >= 15 is 0 Å². The number of anilines is 1. The van der Waals surface area contributed by atoms with Crippen molar-refractivity contribution < 1.29 is 14.3 Å². The number of pyridine rings is 1. The quantitative estimate of drug-likeness (QED) is 0.540. The predicted octanol–water partition coefficient (Wildman–Crippen LogP) is 4.23. The highest BCUT2D eigenvalue weighted by Crippen LogP contribution is 2.34. The van der Waals surface area contributed by atoms with Crippen LogP contribution < -0.4 is 20.3 Å². The van der Waals surface area contributed by atoms with Gasteiger partial charge >= 0.3 is 0 Å². The van der Waals surface area contributed by atoms with Gasteiger partial charge in [0, 0.05) is 56.2 Å². The normalized spacial score (nSPS) is 18.1. The molecule has 6 rings (SSSR count). The summed E-state index contributed by atoms with van der Waals surface area (Å²) >= 11 is 6.38. The van der Waals surface area contributed by atoms with E-state index in [4.69, 9.17) is 21.1 Å². The van der Waals surface area contributed by atoms with Gasteiger partial charge in [0.15, 0.2) is 11.5 Å². The molecule has 1 N–H and O–H groups in total. The number of hydrogen-bond acceptors (Lipinski definition) is 6. The number of carbonyl (C=O) groups is 1. The van der Waals surface area contributed by atoms with Crippen LogP contribution in [0.2, 0.25) is 5.02 Å². The second-order valence-electron chi connectivity index (χ2n) is 10.2. The Hall–Kier alpha value is -3.23. The average Bonchev–Trinajstić information content (AvgIpc) is 3.60. The molecule has 2 aromatic carbocycles. The fraction of sp³-hybridized carbons (Fsp3) is 0.429. The smallest absolute Gasteiger partial charge is 0.265 e. The van der Waals surface area contributed by atoms with E-state index < -0.39 is 0 Å². The Labute approximate surface area is 220 Å². The van der Waals surface area contributed by atoms with Crippen LogP contribution in [-0.4, -0.2) is 59.3 Å². The lowest BCUT2D eigenvalue weighted by Gasteiger charge is -2.33. The number of carbonyl (C=O) groups excluding carboxylic acids is 1. The third-order valence-corrected chi connectivity index (χ3v) is 7.98. The molecular weight excluding hydrogens is 492 g/mol. The Kier molecular flexibility index (Phi) is 6.46. The van der Waals surface area contributed by atoms with Crippen molar-refractivity contribution in [3.63, 3.8) is 0 Å². The largest absolute Gasteiger partial charge is 0.454 e. The molecule has 194 valence electrons. The maximum atomic E-state index is 13.6. The molecule has 0 unspecified atom stereocenters. The number of rotatable bonds is 5. The SMILES string of the molecule is Cn1c(=O)c(C(=O)N2CCCC2)c(NC2CCN(Cc3ccc4c(c3)OCO4)CC2)c2cc(Cl)ccc21. The zero-order valence-electron chi connectivity index (χ0n) is 21.0. The molecule has 0 spiro atoms. The van der Waals surface area contributed by atoms with Gasteiger partial charge in [0.05, 0.1) is 11.2 Å². The fourth-order valence-corrected chi connectivity index (χ4v) is 5.86. The summed E-state index contributed by atoms with van der Waals surface area (Å²) in [5.41, 5.74) is 2.53. The van der Waals surface area contributed by atoms with Crippen molar-refractivity contribution in [3.05, 3.63) is 62.9 Å². The first-order valence-corrected chi connectivity index (χ1v) is 13.3. The van der Waals surface area contributed by atoms with E-state index in [0.29, 0.717) is 23.8 Å². The van der Waals surface area contributed by atoms with E-state index in [1.54, 1.807) is 22.6 Å². The minimum Gasteiger partial charge on any atom is -0.454 e. The third kappa shape index (κ3) is 4.64. The van der Waals surface area contributed by atoms with Gasteiger partial charge in [-0.25, -0.2) is 0 Å². The molecule has 1 aromatic heterocycles. The number of likely N-dealkylation sites (tertiary alicyclic amines) is 2. The van der Waals surface area contributed by atoms with E-state index in [-0.39, 0.29) is 29.9 Å². The fourth-order valence-electron chi connectivity index (χ4n) is 5.68. The summed E-state index contributed by atoms with van der Waals surface area (Å²) in [4.78, 5) is 31.3. The molecule has 9 heteroatoms. The van der Waals surface area contributed by atoms with Gasteiger partial charge in [-0.2, -0.15) is 0 Å². The number of aromatic nitrogens is 1. The van der Waals surface area contributed by atoms with E-state index in [1.807, 2.05) is 18.2 Å². The minimum absolute atomic E-state index is 0.146. The van der Waals surface area contributed by atoms with Crippen LogP contribution in [0.1, 0.15) is 41.6 Å². The Morgan fingerprint density at radius 2 is 1.78 bits per heavy atom. The zero-order chi connectivity index (χ0) is 25.5. The molecule has 0 aliphatic carbocycles. The summed E-state index contributed by atoms with van der Waals surface area (Å²) in [6.07, 6.45) is 3.74. The highest BCUT2D eigenvalue weighted by atomic mass is 35.5. The van der Waals surface area contributed by atoms with Crippen molar-refractivity contribution in [1.82, 2.24) is 14.4 Å². The first kappa shape index (κ1) is 24.1. The lowest BCUT2D eigenvalue weighted by atomic mass is 10.0. The lowest BCUT2D eigenvalue weighted by Crippen LogP contribution is -2.40. The number of hydrogen-bond donors (Lipinski definition) is 1. The molecule has 0 radical (unpaired) electrons. The summed E-state index contributed by atoms with van der Waals surface area (Å²) in [7, 11) is 1.72. The highest BCUT2D eigenvalue weighted by molar-refractivity contribution is 6.31. The van der Waals surface area contributed by atoms with Crippen LogP contribution in [0.4, 0.5) is 5.69 Å². The van der Waals surface area contributed by atoms with Gasteiger partial charge in [-0.1, -0.05) is 17.7 Å². The number of halogens is 1. The van der Waals surface area contributed by atoms with Crippen molar-refractivity contribution in [1.29, 1.82) is 0 Å². The predicted molar refractivity (Wildman–Crippen MR) is 144 cm³/mol. The van der Waals surface area contributed by atoms with Crippen LogP contribution in [-0.2, 0) is 13.6 Å². The van der Waals surface area contributed by atoms with Gasteiger partial charge in [0.2, 0.25) is 6.79 Å². The van der Waals surface area contributed by atoms with Crippen molar-refractivity contribution in [3.8, 4) is 11.5 Å². The molecule has 3 aliphatic heterocycles. The van der Waals surface area contributed by atoms with E-state index in [2.05, 4.69) is 22.3 Å². The number of ether oxygens (including phenoxy) is 2. The summed E-state index contributed by atoms with van der Waals surface area (Å²) in [6, 6.07) is 11.7. The van der Waals surface area contributed by atoms with Crippen molar-refractivity contribution >= 4 is 34.1 Å². The number of nitrogens with one attached hydrogen (secondary N) is 1. The summed E-state index contributed by atoms with van der Waals surface area (Å²) in [5, 5.41) is 5.01. The minimum atomic E-state index is -0.269. The molecule has 2 fully saturated rings. The Morgan fingerprint density at radius 3 is 2.57 bits per heavy atom. The molecule has 4 heterocycles. The molecule has 0 bridgehead atoms. The van der Waals surface area contributed by atoms with Crippen molar-refractivity contribution in [2.75, 3.05) is 38.3 Å². The molecule has 8 nitrogen and oxygen atoms in total. The number of aryl methyl sites for hydroxylation is 1. The number of benzene rings is 2. The number of amides is 1. The molecule has 0 atom stereocenters. The third-order valence-electron chi connectivity index (χ3n) is 7.74. The number of fused-ring (bicyclic) bond motifs is 2. The van der Waals surface area contributed by atoms with Crippen LogP contribution in [0.3, 0.4) is 0 Å². The van der Waals surface area contributed by atoms with Crippen LogP contribution in [0.15, 0.2) is 41.2 Å². The zero-order valence-corrected chi connectivity index (χ0v) is 21.7. The van der Waals surface area contributed by atoms with E-state index in [1.165, 1.54) is 5.56 Å². The molecule has 37 heavy (non-hydrogen) atoms. The standard InChI is InChI=1S/C28H31ClN4O4/c1-31-22-6-5-19(29)15-21(22)26(25(27(31)34)28(35)33-10-2-3-11-33)30-20-8-12-32(13-9-20)16-18-4-7-23-24(14-18)37-17-36-23/h4-7,14-15,20,30H,2-3,8-13,16-17H2,1H3. The Balaban J connectivity index is 1.24. The topological polar surface area (TPSA) is 76.0 Å². The molecule has 0 saturated carbocycles. The van der Waals surface area contributed by atoms with Gasteiger partial charge in [-0.05, 0) is 61.6 Å². The lowest BCUT2D eigenvalue weighted by molar-refractivity contribution is 0.0791. The summed E-state index contributed by atoms with van der Waals surface area (Å²) in [5.74, 6) is 1.41. The van der Waals surface area contributed by atoms with E-state index in [0.717, 1.165) is 67.7 Å². The molecule has 1 amide bonds. The maximum absolute atomic E-state index is 13.6. The molecule has 2 saturated heterocycles. The Bertz CT molecular complexity index is 1410.